The van der Waals surface area contributed by atoms with E-state index < -0.39 is 11.6 Å². The molecule has 3 rings (SSSR count). The molecule has 0 spiro atoms. The van der Waals surface area contributed by atoms with Crippen molar-refractivity contribution >= 4 is 16.7 Å². The number of carboxylic acids is 1. The monoisotopic (exact) mass is 366 g/mol. The van der Waals surface area contributed by atoms with E-state index in [1.165, 1.54) is 31.2 Å². The second kappa shape index (κ2) is 8.10. The van der Waals surface area contributed by atoms with Crippen molar-refractivity contribution in [2.75, 3.05) is 6.61 Å². The van der Waals surface area contributed by atoms with Crippen molar-refractivity contribution in [1.82, 2.24) is 0 Å². The Morgan fingerprint density at radius 2 is 1.70 bits per heavy atom. The summed E-state index contributed by atoms with van der Waals surface area (Å²) in [5, 5.41) is 21.2. The summed E-state index contributed by atoms with van der Waals surface area (Å²) < 4.78 is 11.4. The van der Waals surface area contributed by atoms with Crippen LogP contribution in [0.3, 0.4) is 0 Å². The summed E-state index contributed by atoms with van der Waals surface area (Å²) in [5.41, 5.74) is -0.361. The van der Waals surface area contributed by atoms with E-state index in [9.17, 15) is 15.0 Å². The molecule has 27 heavy (non-hydrogen) atoms. The molecular weight excluding hydrogens is 344 g/mol. The summed E-state index contributed by atoms with van der Waals surface area (Å²) in [6, 6.07) is 20.1. The van der Waals surface area contributed by atoms with Gasteiger partial charge in [-0.2, -0.15) is 0 Å². The van der Waals surface area contributed by atoms with E-state index in [0.29, 0.717) is 12.4 Å². The Morgan fingerprint density at radius 1 is 1.00 bits per heavy atom. The molecule has 5 heteroatoms. The summed E-state index contributed by atoms with van der Waals surface area (Å²) >= 11 is 0. The van der Waals surface area contributed by atoms with Gasteiger partial charge in [-0.1, -0.05) is 42.5 Å². The van der Waals surface area contributed by atoms with Gasteiger partial charge in [-0.3, -0.25) is 0 Å². The lowest BCUT2D eigenvalue weighted by molar-refractivity contribution is -0.155. The Kier molecular flexibility index (Phi) is 5.62. The van der Waals surface area contributed by atoms with Crippen LogP contribution in [0.15, 0.2) is 66.7 Å². The zero-order valence-corrected chi connectivity index (χ0v) is 15.1. The van der Waals surface area contributed by atoms with Crippen molar-refractivity contribution in [3.8, 4) is 11.5 Å². The normalized spacial score (nSPS) is 13.2. The molecule has 1 unspecified atom stereocenters. The van der Waals surface area contributed by atoms with Crippen LogP contribution < -0.4 is 4.74 Å². The molecule has 3 aromatic rings. The molecule has 0 bridgehead atoms. The molecule has 1 atom stereocenters. The fourth-order valence-electron chi connectivity index (χ4n) is 2.84. The van der Waals surface area contributed by atoms with Gasteiger partial charge in [0.15, 0.2) is 0 Å². The third-order valence-corrected chi connectivity index (χ3v) is 4.49. The minimum Gasteiger partial charge on any atom is -0.508 e. The maximum atomic E-state index is 11.7. The van der Waals surface area contributed by atoms with E-state index in [-0.39, 0.29) is 18.8 Å². The molecule has 0 radical (unpaired) electrons. The lowest BCUT2D eigenvalue weighted by Gasteiger charge is -2.26. The molecule has 0 amide bonds. The predicted octanol–water partition coefficient (Wildman–Crippen LogP) is 4.37. The fraction of sp³-hybridized carbons (Fsp3) is 0.227. The molecule has 0 saturated heterocycles. The van der Waals surface area contributed by atoms with Crippen LogP contribution in [0.5, 0.6) is 11.5 Å². The number of benzene rings is 3. The van der Waals surface area contributed by atoms with E-state index in [4.69, 9.17) is 9.47 Å². The third kappa shape index (κ3) is 4.57. The quantitative estimate of drug-likeness (QED) is 0.579. The average molecular weight is 366 g/mol. The number of hydrogen-bond acceptors (Lipinski definition) is 4. The van der Waals surface area contributed by atoms with E-state index in [0.717, 1.165) is 16.3 Å². The van der Waals surface area contributed by atoms with Crippen LogP contribution in [-0.4, -0.2) is 28.4 Å². The molecule has 0 heterocycles. The molecule has 0 aliphatic carbocycles. The van der Waals surface area contributed by atoms with Crippen molar-refractivity contribution in [1.29, 1.82) is 0 Å². The molecule has 0 aliphatic heterocycles. The van der Waals surface area contributed by atoms with Crippen LogP contribution in [0.2, 0.25) is 0 Å². The lowest BCUT2D eigenvalue weighted by Crippen LogP contribution is -2.42. The number of rotatable bonds is 8. The maximum absolute atomic E-state index is 11.7. The zero-order valence-electron chi connectivity index (χ0n) is 15.1. The number of phenolic OH excluding ortho intramolecular Hbond substituents is 1. The van der Waals surface area contributed by atoms with Gasteiger partial charge in [0, 0.05) is 6.42 Å². The average Bonchev–Trinajstić information content (AvgIpc) is 2.67. The standard InChI is InChI=1S/C22H22O5/c1-22(21(24)25,27-19-11-9-18(23)10-12-19)13-14-26-15-17-7-4-6-16-5-2-3-8-20(16)17/h2-12,23H,13-15H2,1H3,(H,24,25). The molecular formula is C22H22O5. The highest BCUT2D eigenvalue weighted by Gasteiger charge is 2.35. The predicted molar refractivity (Wildman–Crippen MR) is 103 cm³/mol. The maximum Gasteiger partial charge on any atom is 0.347 e. The number of carbonyl (C=O) groups is 1. The Balaban J connectivity index is 1.61. The van der Waals surface area contributed by atoms with Gasteiger partial charge in [-0.25, -0.2) is 4.79 Å². The number of fused-ring (bicyclic) bond motifs is 1. The van der Waals surface area contributed by atoms with Gasteiger partial charge in [0.05, 0.1) is 13.2 Å². The van der Waals surface area contributed by atoms with Crippen LogP contribution in [0.4, 0.5) is 0 Å². The Hall–Kier alpha value is -3.05. The van der Waals surface area contributed by atoms with Gasteiger partial charge in [0.25, 0.3) is 0 Å². The molecule has 140 valence electrons. The zero-order chi connectivity index (χ0) is 19.3. The molecule has 0 aromatic heterocycles. The highest BCUT2D eigenvalue weighted by molar-refractivity contribution is 5.85. The van der Waals surface area contributed by atoms with Gasteiger partial charge < -0.3 is 19.7 Å². The molecule has 3 aromatic carbocycles. The number of hydrogen-bond donors (Lipinski definition) is 2. The first kappa shape index (κ1) is 18.7. The second-order valence-electron chi connectivity index (χ2n) is 6.57. The number of aliphatic carboxylic acids is 1. The smallest absolute Gasteiger partial charge is 0.347 e. The topological polar surface area (TPSA) is 76.0 Å². The van der Waals surface area contributed by atoms with Crippen LogP contribution in [0, 0.1) is 0 Å². The van der Waals surface area contributed by atoms with Gasteiger partial charge in [0.1, 0.15) is 11.5 Å². The van der Waals surface area contributed by atoms with Crippen LogP contribution in [0.1, 0.15) is 18.9 Å². The first-order valence-electron chi connectivity index (χ1n) is 8.74. The summed E-state index contributed by atoms with van der Waals surface area (Å²) in [6.07, 6.45) is 0.188. The SMILES string of the molecule is CC(CCOCc1cccc2ccccc12)(Oc1ccc(O)cc1)C(=O)O. The van der Waals surface area contributed by atoms with E-state index in [1.54, 1.807) is 0 Å². The van der Waals surface area contributed by atoms with E-state index >= 15 is 0 Å². The van der Waals surface area contributed by atoms with Gasteiger partial charge in [-0.15, -0.1) is 0 Å². The summed E-state index contributed by atoms with van der Waals surface area (Å²) in [4.78, 5) is 11.7. The van der Waals surface area contributed by atoms with Gasteiger partial charge >= 0.3 is 5.97 Å². The minimum absolute atomic E-state index is 0.0952. The fourth-order valence-corrected chi connectivity index (χ4v) is 2.84. The third-order valence-electron chi connectivity index (χ3n) is 4.49. The minimum atomic E-state index is -1.42. The summed E-state index contributed by atoms with van der Waals surface area (Å²) in [5.74, 6) is -0.589. The first-order valence-corrected chi connectivity index (χ1v) is 8.74. The molecule has 0 fully saturated rings. The van der Waals surface area contributed by atoms with Crippen molar-refractivity contribution < 1.29 is 24.5 Å². The Labute approximate surface area is 157 Å². The largest absolute Gasteiger partial charge is 0.508 e. The molecule has 5 nitrogen and oxygen atoms in total. The van der Waals surface area contributed by atoms with Crippen molar-refractivity contribution in [3.05, 3.63) is 72.3 Å². The second-order valence-corrected chi connectivity index (χ2v) is 6.57. The van der Waals surface area contributed by atoms with Crippen LogP contribution >= 0.6 is 0 Å². The number of aromatic hydroxyl groups is 1. The first-order chi connectivity index (χ1) is 13.0. The molecule has 2 N–H and O–H groups in total. The van der Waals surface area contributed by atoms with Crippen LogP contribution in [0.25, 0.3) is 10.8 Å². The number of ether oxygens (including phenoxy) is 2. The van der Waals surface area contributed by atoms with Crippen molar-refractivity contribution in [3.63, 3.8) is 0 Å². The molecule has 0 saturated carbocycles. The number of carboxylic acid groups (broad SMARTS) is 1. The van der Waals surface area contributed by atoms with Crippen molar-refractivity contribution in [2.45, 2.75) is 25.6 Å². The van der Waals surface area contributed by atoms with E-state index in [2.05, 4.69) is 0 Å². The summed E-state index contributed by atoms with van der Waals surface area (Å²) in [6.45, 7) is 2.16. The van der Waals surface area contributed by atoms with Gasteiger partial charge in [0.2, 0.25) is 5.60 Å². The van der Waals surface area contributed by atoms with E-state index in [1.807, 2.05) is 42.5 Å². The number of phenols is 1. The van der Waals surface area contributed by atoms with Crippen molar-refractivity contribution in [2.24, 2.45) is 0 Å². The Morgan fingerprint density at radius 3 is 2.44 bits per heavy atom. The van der Waals surface area contributed by atoms with Gasteiger partial charge in [-0.05, 0) is 47.5 Å². The summed E-state index contributed by atoms with van der Waals surface area (Å²) in [7, 11) is 0. The highest BCUT2D eigenvalue weighted by atomic mass is 16.5. The highest BCUT2D eigenvalue weighted by Crippen LogP contribution is 2.24. The lowest BCUT2D eigenvalue weighted by atomic mass is 10.0. The molecule has 0 aliphatic rings. The Bertz CT molecular complexity index is 914. The van der Waals surface area contributed by atoms with Crippen LogP contribution in [-0.2, 0) is 16.1 Å².